The topological polar surface area (TPSA) is 61.0 Å². The number of amides is 1. The van der Waals surface area contributed by atoms with Gasteiger partial charge in [0.15, 0.2) is 0 Å². The minimum absolute atomic E-state index is 0.0649. The number of H-pyrrole nitrogens is 1. The SMILES string of the molecule is CC1(C)CC(N2Cc3cn[nH]c3C(=O)N2)CC(C)(C)C1. The van der Waals surface area contributed by atoms with Crippen LogP contribution in [0.25, 0.3) is 0 Å². The molecular weight excluding hydrogens is 252 g/mol. The van der Waals surface area contributed by atoms with Gasteiger partial charge in [0.2, 0.25) is 0 Å². The Kier molecular flexibility index (Phi) is 2.94. The van der Waals surface area contributed by atoms with E-state index >= 15 is 0 Å². The first-order valence-electron chi connectivity index (χ1n) is 7.36. The smallest absolute Gasteiger partial charge is 0.283 e. The number of fused-ring (bicyclic) bond motifs is 1. The van der Waals surface area contributed by atoms with Crippen molar-refractivity contribution in [3.05, 3.63) is 17.5 Å². The Morgan fingerprint density at radius 3 is 2.55 bits per heavy atom. The molecule has 5 heteroatoms. The first-order chi connectivity index (χ1) is 9.26. The zero-order chi connectivity index (χ0) is 14.5. The second-order valence-corrected chi connectivity index (χ2v) is 7.91. The van der Waals surface area contributed by atoms with Crippen molar-refractivity contribution in [1.29, 1.82) is 0 Å². The van der Waals surface area contributed by atoms with Crippen LogP contribution in [0.4, 0.5) is 0 Å². The summed E-state index contributed by atoms with van der Waals surface area (Å²) in [6.07, 6.45) is 5.23. The molecule has 0 radical (unpaired) electrons. The van der Waals surface area contributed by atoms with Gasteiger partial charge in [-0.25, -0.2) is 5.01 Å². The van der Waals surface area contributed by atoms with Crippen LogP contribution in [0, 0.1) is 10.8 Å². The van der Waals surface area contributed by atoms with Crippen LogP contribution < -0.4 is 5.43 Å². The van der Waals surface area contributed by atoms with E-state index in [0.29, 0.717) is 22.6 Å². The molecule has 1 aliphatic carbocycles. The Labute approximate surface area is 120 Å². The van der Waals surface area contributed by atoms with Crippen LogP contribution in [0.2, 0.25) is 0 Å². The lowest BCUT2D eigenvalue weighted by molar-refractivity contribution is -0.00681. The molecule has 1 aromatic rings. The average molecular weight is 276 g/mol. The van der Waals surface area contributed by atoms with Crippen LogP contribution in [0.5, 0.6) is 0 Å². The molecule has 0 bridgehead atoms. The van der Waals surface area contributed by atoms with Gasteiger partial charge in [0.25, 0.3) is 5.91 Å². The highest BCUT2D eigenvalue weighted by atomic mass is 16.2. The fourth-order valence-electron chi connectivity index (χ4n) is 4.27. The molecule has 0 atom stereocenters. The maximum atomic E-state index is 12.1. The lowest BCUT2D eigenvalue weighted by Gasteiger charge is -2.48. The fraction of sp³-hybridized carbons (Fsp3) is 0.733. The van der Waals surface area contributed by atoms with Gasteiger partial charge in [0.1, 0.15) is 5.69 Å². The number of nitrogens with zero attached hydrogens (tertiary/aromatic N) is 2. The molecule has 0 aromatic carbocycles. The number of hydrogen-bond acceptors (Lipinski definition) is 3. The van der Waals surface area contributed by atoms with Crippen LogP contribution >= 0.6 is 0 Å². The predicted molar refractivity (Wildman–Crippen MR) is 76.8 cm³/mol. The van der Waals surface area contributed by atoms with Gasteiger partial charge in [0, 0.05) is 18.2 Å². The fourth-order valence-corrected chi connectivity index (χ4v) is 4.27. The number of carbonyl (C=O) groups excluding carboxylic acids is 1. The summed E-state index contributed by atoms with van der Waals surface area (Å²) < 4.78 is 0. The number of nitrogens with one attached hydrogen (secondary N) is 2. The second-order valence-electron chi connectivity index (χ2n) is 7.91. The maximum Gasteiger partial charge on any atom is 0.283 e. The van der Waals surface area contributed by atoms with Crippen LogP contribution in [0.1, 0.15) is 63.0 Å². The molecule has 1 amide bonds. The molecule has 1 aliphatic heterocycles. The summed E-state index contributed by atoms with van der Waals surface area (Å²) in [5, 5.41) is 8.87. The predicted octanol–water partition coefficient (Wildman–Crippen LogP) is 2.48. The van der Waals surface area contributed by atoms with Crippen LogP contribution in [-0.4, -0.2) is 27.2 Å². The number of rotatable bonds is 1. The molecular formula is C15H24N4O. The van der Waals surface area contributed by atoms with Gasteiger partial charge in [0.05, 0.1) is 6.20 Å². The Bertz CT molecular complexity index is 516. The monoisotopic (exact) mass is 276 g/mol. The number of aromatic nitrogens is 2. The normalized spacial score (nSPS) is 26.1. The van der Waals surface area contributed by atoms with Crippen molar-refractivity contribution < 1.29 is 4.79 Å². The van der Waals surface area contributed by atoms with Crippen LogP contribution in [0.15, 0.2) is 6.20 Å². The highest BCUT2D eigenvalue weighted by Gasteiger charge is 2.42. The van der Waals surface area contributed by atoms with E-state index in [-0.39, 0.29) is 5.91 Å². The second kappa shape index (κ2) is 4.32. The van der Waals surface area contributed by atoms with E-state index in [1.54, 1.807) is 6.20 Å². The zero-order valence-corrected chi connectivity index (χ0v) is 12.8. The first kappa shape index (κ1) is 13.6. The van der Waals surface area contributed by atoms with Gasteiger partial charge in [-0.2, -0.15) is 5.10 Å². The standard InChI is InChI=1S/C15H24N4O/c1-14(2)5-11(6-15(3,4)9-14)19-8-10-7-16-17-12(10)13(20)18-19/h7,11H,5-6,8-9H2,1-4H3,(H,16,17)(H,18,20). The van der Waals surface area contributed by atoms with E-state index in [2.05, 4.69) is 48.3 Å². The van der Waals surface area contributed by atoms with Crippen molar-refractivity contribution in [1.82, 2.24) is 20.6 Å². The molecule has 1 saturated carbocycles. The molecule has 2 heterocycles. The number of aromatic amines is 1. The minimum atomic E-state index is -0.0649. The molecule has 1 aromatic heterocycles. The van der Waals surface area contributed by atoms with Crippen molar-refractivity contribution in [3.8, 4) is 0 Å². The Hall–Kier alpha value is -1.36. The molecule has 0 saturated heterocycles. The third-order valence-corrected chi connectivity index (χ3v) is 4.51. The summed E-state index contributed by atoms with van der Waals surface area (Å²) >= 11 is 0. The van der Waals surface area contributed by atoms with Gasteiger partial charge in [-0.3, -0.25) is 15.3 Å². The van der Waals surface area contributed by atoms with Crippen molar-refractivity contribution in [3.63, 3.8) is 0 Å². The van der Waals surface area contributed by atoms with Crippen molar-refractivity contribution in [2.45, 2.75) is 59.5 Å². The summed E-state index contributed by atoms with van der Waals surface area (Å²) in [7, 11) is 0. The van der Waals surface area contributed by atoms with Gasteiger partial charge in [-0.15, -0.1) is 0 Å². The molecule has 1 fully saturated rings. The van der Waals surface area contributed by atoms with E-state index in [9.17, 15) is 4.79 Å². The average Bonchev–Trinajstić information content (AvgIpc) is 2.73. The van der Waals surface area contributed by atoms with E-state index in [4.69, 9.17) is 0 Å². The lowest BCUT2D eigenvalue weighted by atomic mass is 9.63. The highest BCUT2D eigenvalue weighted by molar-refractivity contribution is 5.94. The first-order valence-corrected chi connectivity index (χ1v) is 7.36. The van der Waals surface area contributed by atoms with Crippen LogP contribution in [0.3, 0.4) is 0 Å². The molecule has 3 rings (SSSR count). The maximum absolute atomic E-state index is 12.1. The Balaban J connectivity index is 1.82. The molecule has 2 aliphatic rings. The van der Waals surface area contributed by atoms with Crippen molar-refractivity contribution in [2.75, 3.05) is 0 Å². The molecule has 2 N–H and O–H groups in total. The molecule has 110 valence electrons. The van der Waals surface area contributed by atoms with Crippen LogP contribution in [-0.2, 0) is 6.54 Å². The zero-order valence-electron chi connectivity index (χ0n) is 12.8. The molecule has 0 unspecified atom stereocenters. The van der Waals surface area contributed by atoms with Crippen molar-refractivity contribution >= 4 is 5.91 Å². The summed E-state index contributed by atoms with van der Waals surface area (Å²) in [5.41, 5.74) is 5.26. The van der Waals surface area contributed by atoms with Gasteiger partial charge < -0.3 is 0 Å². The lowest BCUT2D eigenvalue weighted by Crippen LogP contribution is -2.55. The number of hydrogen-bond donors (Lipinski definition) is 2. The van der Waals surface area contributed by atoms with Gasteiger partial charge in [-0.1, -0.05) is 27.7 Å². The summed E-state index contributed by atoms with van der Waals surface area (Å²) in [4.78, 5) is 12.1. The third-order valence-electron chi connectivity index (χ3n) is 4.51. The number of carbonyl (C=O) groups is 1. The highest BCUT2D eigenvalue weighted by Crippen LogP contribution is 2.47. The summed E-state index contributed by atoms with van der Waals surface area (Å²) in [6, 6.07) is 0.390. The van der Waals surface area contributed by atoms with Gasteiger partial charge in [-0.05, 0) is 30.1 Å². The minimum Gasteiger partial charge on any atom is -0.283 e. The summed E-state index contributed by atoms with van der Waals surface area (Å²) in [6.45, 7) is 10.1. The Morgan fingerprint density at radius 2 is 1.90 bits per heavy atom. The summed E-state index contributed by atoms with van der Waals surface area (Å²) in [5.74, 6) is -0.0649. The Morgan fingerprint density at radius 1 is 1.25 bits per heavy atom. The molecule has 0 spiro atoms. The number of hydrazine groups is 1. The van der Waals surface area contributed by atoms with Crippen molar-refractivity contribution in [2.24, 2.45) is 10.8 Å². The molecule has 20 heavy (non-hydrogen) atoms. The van der Waals surface area contributed by atoms with E-state index in [1.165, 1.54) is 6.42 Å². The largest absolute Gasteiger partial charge is 0.283 e. The van der Waals surface area contributed by atoms with E-state index < -0.39 is 0 Å². The van der Waals surface area contributed by atoms with E-state index in [1.807, 2.05) is 0 Å². The van der Waals surface area contributed by atoms with E-state index in [0.717, 1.165) is 24.9 Å². The quantitative estimate of drug-likeness (QED) is 0.828. The molecule has 5 nitrogen and oxygen atoms in total. The van der Waals surface area contributed by atoms with Gasteiger partial charge >= 0.3 is 0 Å². The third kappa shape index (κ3) is 2.46.